The molecular formula is C31H50N4O6. The van der Waals surface area contributed by atoms with Gasteiger partial charge in [-0.3, -0.25) is 14.4 Å². The maximum absolute atomic E-state index is 13.4. The van der Waals surface area contributed by atoms with Gasteiger partial charge in [-0.25, -0.2) is 4.79 Å². The van der Waals surface area contributed by atoms with E-state index in [9.17, 15) is 24.0 Å². The normalized spacial score (nSPS) is 15.0. The highest BCUT2D eigenvalue weighted by Crippen LogP contribution is 2.22. The number of benzene rings is 1. The van der Waals surface area contributed by atoms with Gasteiger partial charge in [0.2, 0.25) is 17.7 Å². The number of nitrogens with one attached hydrogen (secondary N) is 4. The Bertz CT molecular complexity index is 992. The average Bonchev–Trinajstić information content (AvgIpc) is 2.91. The Balaban J connectivity index is 2.96. The Kier molecular flexibility index (Phi) is 15.1. The van der Waals surface area contributed by atoms with E-state index in [0.717, 1.165) is 5.56 Å². The van der Waals surface area contributed by atoms with Crippen molar-refractivity contribution in [2.75, 3.05) is 0 Å². The number of ether oxygens (including phenoxy) is 1. The van der Waals surface area contributed by atoms with Crippen LogP contribution in [-0.2, 0) is 30.5 Å². The van der Waals surface area contributed by atoms with Crippen molar-refractivity contribution >= 4 is 30.1 Å². The van der Waals surface area contributed by atoms with Crippen LogP contribution in [0, 0.1) is 17.3 Å². The monoisotopic (exact) mass is 574 g/mol. The van der Waals surface area contributed by atoms with E-state index in [1.54, 1.807) is 0 Å². The fraction of sp³-hybridized carbons (Fsp3) is 0.645. The van der Waals surface area contributed by atoms with Gasteiger partial charge >= 0.3 is 6.09 Å². The molecule has 0 unspecified atom stereocenters. The Morgan fingerprint density at radius 1 is 0.878 bits per heavy atom. The number of carbonyl (C=O) groups excluding carboxylic acids is 5. The summed E-state index contributed by atoms with van der Waals surface area (Å²) in [5.74, 6) is -1.56. The van der Waals surface area contributed by atoms with Gasteiger partial charge in [0.05, 0.1) is 6.04 Å². The Labute approximate surface area is 245 Å². The summed E-state index contributed by atoms with van der Waals surface area (Å²) in [4.78, 5) is 63.3. The van der Waals surface area contributed by atoms with Crippen molar-refractivity contribution in [2.24, 2.45) is 17.3 Å². The minimum atomic E-state index is -0.941. The van der Waals surface area contributed by atoms with Crippen molar-refractivity contribution < 1.29 is 28.7 Å². The molecule has 0 aliphatic carbocycles. The predicted molar refractivity (Wildman–Crippen MR) is 159 cm³/mol. The van der Waals surface area contributed by atoms with Crippen LogP contribution < -0.4 is 21.3 Å². The van der Waals surface area contributed by atoms with Crippen LogP contribution in [0.1, 0.15) is 86.6 Å². The second kappa shape index (κ2) is 17.4. The first-order valence-electron chi connectivity index (χ1n) is 14.5. The van der Waals surface area contributed by atoms with Crippen LogP contribution in [0.15, 0.2) is 30.3 Å². The van der Waals surface area contributed by atoms with Crippen molar-refractivity contribution in [1.29, 1.82) is 0 Å². The van der Waals surface area contributed by atoms with Gasteiger partial charge in [0.25, 0.3) is 0 Å². The summed E-state index contributed by atoms with van der Waals surface area (Å²) in [7, 11) is 0. The quantitative estimate of drug-likeness (QED) is 0.221. The minimum Gasteiger partial charge on any atom is -0.445 e. The van der Waals surface area contributed by atoms with E-state index in [0.29, 0.717) is 32.0 Å². The fourth-order valence-electron chi connectivity index (χ4n) is 4.04. The Morgan fingerprint density at radius 3 is 2.05 bits per heavy atom. The van der Waals surface area contributed by atoms with Crippen molar-refractivity contribution in [1.82, 2.24) is 21.3 Å². The first kappa shape index (κ1) is 35.6. The van der Waals surface area contributed by atoms with Crippen LogP contribution in [0.3, 0.4) is 0 Å². The molecule has 4 amide bonds. The number of hydrogen-bond acceptors (Lipinski definition) is 6. The van der Waals surface area contributed by atoms with Crippen molar-refractivity contribution in [2.45, 2.75) is 112 Å². The summed E-state index contributed by atoms with van der Waals surface area (Å²) in [5, 5.41) is 10.8. The third-order valence-corrected chi connectivity index (χ3v) is 6.77. The molecule has 0 aromatic heterocycles. The van der Waals surface area contributed by atoms with E-state index >= 15 is 0 Å². The third kappa shape index (κ3) is 14.2. The lowest BCUT2D eigenvalue weighted by Crippen LogP contribution is -2.58. The largest absolute Gasteiger partial charge is 0.445 e. The SMILES string of the molecule is CC[C@H](C)[C@H](NC(=O)OCc1ccccc1)C(=O)N[C@@H](CCC(C)(C)C)C(=O)N[C@@H](C)C(=O)N[C@H](C=O)CC(C)C. The first-order chi connectivity index (χ1) is 19.2. The Morgan fingerprint density at radius 2 is 1.51 bits per heavy atom. The molecule has 5 atom stereocenters. The van der Waals surface area contributed by atoms with Crippen LogP contribution in [0.2, 0.25) is 0 Å². The fourth-order valence-corrected chi connectivity index (χ4v) is 4.04. The lowest BCUT2D eigenvalue weighted by molar-refractivity contribution is -0.133. The zero-order chi connectivity index (χ0) is 31.2. The molecular weight excluding hydrogens is 524 g/mol. The van der Waals surface area contributed by atoms with Gasteiger partial charge in [-0.05, 0) is 49.0 Å². The molecule has 41 heavy (non-hydrogen) atoms. The van der Waals surface area contributed by atoms with E-state index in [2.05, 4.69) is 21.3 Å². The van der Waals surface area contributed by atoms with Gasteiger partial charge in [0, 0.05) is 0 Å². The van der Waals surface area contributed by atoms with E-state index in [-0.39, 0.29) is 23.9 Å². The number of aldehydes is 1. The maximum Gasteiger partial charge on any atom is 0.408 e. The molecule has 0 saturated carbocycles. The summed E-state index contributed by atoms with van der Waals surface area (Å²) in [5.41, 5.74) is 0.698. The van der Waals surface area contributed by atoms with Gasteiger partial charge in [-0.1, -0.05) is 85.2 Å². The van der Waals surface area contributed by atoms with Gasteiger partial charge in [-0.2, -0.15) is 0 Å². The van der Waals surface area contributed by atoms with Gasteiger partial charge in [0.1, 0.15) is 31.0 Å². The molecule has 0 aliphatic heterocycles. The van der Waals surface area contributed by atoms with Crippen LogP contribution in [0.5, 0.6) is 0 Å². The smallest absolute Gasteiger partial charge is 0.408 e. The maximum atomic E-state index is 13.4. The van der Waals surface area contributed by atoms with E-state index in [4.69, 9.17) is 4.74 Å². The lowest BCUT2D eigenvalue weighted by atomic mass is 9.88. The molecule has 0 spiro atoms. The highest BCUT2D eigenvalue weighted by Gasteiger charge is 2.32. The molecule has 10 nitrogen and oxygen atoms in total. The van der Waals surface area contributed by atoms with Crippen LogP contribution in [0.4, 0.5) is 4.79 Å². The summed E-state index contributed by atoms with van der Waals surface area (Å²) in [6.45, 7) is 15.3. The van der Waals surface area contributed by atoms with E-state index in [1.807, 2.05) is 78.8 Å². The van der Waals surface area contributed by atoms with Gasteiger partial charge in [-0.15, -0.1) is 0 Å². The van der Waals surface area contributed by atoms with Crippen molar-refractivity contribution in [3.05, 3.63) is 35.9 Å². The zero-order valence-corrected chi connectivity index (χ0v) is 25.9. The topological polar surface area (TPSA) is 143 Å². The summed E-state index contributed by atoms with van der Waals surface area (Å²) < 4.78 is 5.31. The molecule has 0 bridgehead atoms. The molecule has 1 aromatic rings. The number of alkyl carbamates (subject to hydrolysis) is 1. The molecule has 0 heterocycles. The van der Waals surface area contributed by atoms with E-state index in [1.165, 1.54) is 6.92 Å². The summed E-state index contributed by atoms with van der Waals surface area (Å²) in [6, 6.07) is 5.74. The minimum absolute atomic E-state index is 0.0558. The number of carbonyl (C=O) groups is 5. The third-order valence-electron chi connectivity index (χ3n) is 6.77. The summed E-state index contributed by atoms with van der Waals surface area (Å²) >= 11 is 0. The number of hydrogen-bond donors (Lipinski definition) is 4. The van der Waals surface area contributed by atoms with E-state index < -0.39 is 48.0 Å². The molecule has 1 rings (SSSR count). The molecule has 10 heteroatoms. The molecule has 1 aromatic carbocycles. The molecule has 0 saturated heterocycles. The molecule has 0 radical (unpaired) electrons. The first-order valence-corrected chi connectivity index (χ1v) is 14.5. The molecule has 0 aliphatic rings. The van der Waals surface area contributed by atoms with Gasteiger partial charge in [0.15, 0.2) is 0 Å². The van der Waals surface area contributed by atoms with Crippen molar-refractivity contribution in [3.63, 3.8) is 0 Å². The van der Waals surface area contributed by atoms with Crippen LogP contribution >= 0.6 is 0 Å². The standard InChI is InChI=1S/C31H50N4O6/c1-9-21(4)26(35-30(40)41-19-23-13-11-10-12-14-23)29(39)34-25(15-16-31(6,7)8)28(38)32-22(5)27(37)33-24(18-36)17-20(2)3/h10-14,18,20-22,24-26H,9,15-17,19H2,1-8H3,(H,32,38)(H,33,37)(H,34,39)(H,35,40)/t21-,22-,24-,25-,26-/m0/s1. The Hall–Kier alpha value is -3.43. The highest BCUT2D eigenvalue weighted by molar-refractivity contribution is 5.94. The predicted octanol–water partition coefficient (Wildman–Crippen LogP) is 3.87. The van der Waals surface area contributed by atoms with Crippen molar-refractivity contribution in [3.8, 4) is 0 Å². The average molecular weight is 575 g/mol. The second-order valence-corrected chi connectivity index (χ2v) is 12.3. The molecule has 230 valence electrons. The number of amides is 4. The van der Waals surface area contributed by atoms with Crippen LogP contribution in [0.25, 0.3) is 0 Å². The zero-order valence-electron chi connectivity index (χ0n) is 25.9. The molecule has 0 fully saturated rings. The second-order valence-electron chi connectivity index (χ2n) is 12.3. The highest BCUT2D eigenvalue weighted by atomic mass is 16.5. The number of rotatable bonds is 16. The molecule has 4 N–H and O–H groups in total. The van der Waals surface area contributed by atoms with Crippen LogP contribution in [-0.4, -0.2) is 54.3 Å². The lowest BCUT2D eigenvalue weighted by Gasteiger charge is -2.28. The summed E-state index contributed by atoms with van der Waals surface area (Å²) in [6.07, 6.45) is 1.98. The van der Waals surface area contributed by atoms with Gasteiger partial charge < -0.3 is 30.8 Å².